The average molecular weight is 362 g/mol. The fourth-order valence-electron chi connectivity index (χ4n) is 3.65. The van der Waals surface area contributed by atoms with Gasteiger partial charge in [0.1, 0.15) is 17.0 Å². The van der Waals surface area contributed by atoms with Crippen LogP contribution in [-0.4, -0.2) is 43.2 Å². The van der Waals surface area contributed by atoms with Crippen molar-refractivity contribution in [3.8, 4) is 0 Å². The van der Waals surface area contributed by atoms with Crippen LogP contribution in [0.3, 0.4) is 0 Å². The molecule has 1 fully saturated rings. The highest BCUT2D eigenvalue weighted by Crippen LogP contribution is 2.27. The van der Waals surface area contributed by atoms with Gasteiger partial charge in [-0.05, 0) is 30.9 Å². The quantitative estimate of drug-likeness (QED) is 0.776. The number of hydrogen-bond acceptors (Lipinski definition) is 4. The Morgan fingerprint density at radius 1 is 1.36 bits per heavy atom. The molecule has 0 saturated carbocycles. The summed E-state index contributed by atoms with van der Waals surface area (Å²) in [6, 6.07) is 4.86. The molecule has 0 spiro atoms. The Morgan fingerprint density at radius 3 is 2.88 bits per heavy atom. The van der Waals surface area contributed by atoms with E-state index in [1.807, 2.05) is 4.90 Å². The van der Waals surface area contributed by atoms with E-state index in [4.69, 9.17) is 11.6 Å². The molecule has 0 bridgehead atoms. The molecule has 2 aromatic rings. The largest absolute Gasteiger partial charge is 0.347 e. The molecule has 1 amide bonds. The normalized spacial score (nSPS) is 20.2. The Hall–Kier alpha value is -2.15. The molecule has 0 N–H and O–H groups in total. The van der Waals surface area contributed by atoms with E-state index in [0.29, 0.717) is 35.4 Å². The standard InChI is InChI=1S/C17H20ClN5O2/c1-11-8-21(9-11)16(24)13-5-3-7-15-20-22(17(25)23(13)15)10-12-4-2-6-14(18)19-12/h2,4,6,11,13H,3,5,7-10H2,1H3/t13-/m0/s1. The molecule has 4 rings (SSSR count). The molecular formula is C17H20ClN5O2. The van der Waals surface area contributed by atoms with Gasteiger partial charge >= 0.3 is 5.69 Å². The fourth-order valence-corrected chi connectivity index (χ4v) is 3.83. The van der Waals surface area contributed by atoms with E-state index in [0.717, 1.165) is 19.5 Å². The van der Waals surface area contributed by atoms with Crippen LogP contribution in [0.4, 0.5) is 0 Å². The molecule has 2 aromatic heterocycles. The van der Waals surface area contributed by atoms with Crippen LogP contribution in [0.2, 0.25) is 5.15 Å². The summed E-state index contributed by atoms with van der Waals surface area (Å²) in [4.78, 5) is 31.6. The highest BCUT2D eigenvalue weighted by molar-refractivity contribution is 6.29. The predicted molar refractivity (Wildman–Crippen MR) is 92.6 cm³/mol. The van der Waals surface area contributed by atoms with E-state index in [1.165, 1.54) is 4.68 Å². The number of carbonyl (C=O) groups excluding carboxylic acids is 1. The summed E-state index contributed by atoms with van der Waals surface area (Å²) in [6.45, 7) is 3.93. The number of nitrogens with zero attached hydrogens (tertiary/aromatic N) is 5. The van der Waals surface area contributed by atoms with Crippen molar-refractivity contribution >= 4 is 17.5 Å². The Morgan fingerprint density at radius 2 is 2.16 bits per heavy atom. The lowest BCUT2D eigenvalue weighted by Gasteiger charge is -2.40. The molecule has 2 aliphatic heterocycles. The third-order valence-corrected chi connectivity index (χ3v) is 5.09. The van der Waals surface area contributed by atoms with E-state index in [-0.39, 0.29) is 18.1 Å². The second-order valence-corrected chi connectivity index (χ2v) is 7.32. The number of halogens is 1. The molecule has 7 nitrogen and oxygen atoms in total. The number of hydrogen-bond donors (Lipinski definition) is 0. The number of aryl methyl sites for hydroxylation is 1. The number of pyridine rings is 1. The molecule has 1 saturated heterocycles. The SMILES string of the molecule is CC1CN(C(=O)[C@@H]2CCCc3nn(Cc4cccc(Cl)n4)c(=O)n32)C1. The molecule has 0 unspecified atom stereocenters. The molecule has 0 radical (unpaired) electrons. The maximum Gasteiger partial charge on any atom is 0.347 e. The van der Waals surface area contributed by atoms with E-state index in [1.54, 1.807) is 22.8 Å². The number of fused-ring (bicyclic) bond motifs is 1. The topological polar surface area (TPSA) is 73.0 Å². The van der Waals surface area contributed by atoms with Gasteiger partial charge in [0.15, 0.2) is 0 Å². The van der Waals surface area contributed by atoms with Gasteiger partial charge in [-0.25, -0.2) is 14.5 Å². The van der Waals surface area contributed by atoms with E-state index >= 15 is 0 Å². The summed E-state index contributed by atoms with van der Waals surface area (Å²) >= 11 is 5.91. The molecule has 0 aromatic carbocycles. The Bertz CT molecular complexity index is 868. The number of rotatable bonds is 3. The van der Waals surface area contributed by atoms with Gasteiger partial charge in [-0.3, -0.25) is 9.36 Å². The average Bonchev–Trinajstić information content (AvgIpc) is 2.87. The van der Waals surface area contributed by atoms with Gasteiger partial charge < -0.3 is 4.90 Å². The summed E-state index contributed by atoms with van der Waals surface area (Å²) in [6.07, 6.45) is 2.27. The van der Waals surface area contributed by atoms with Crippen molar-refractivity contribution in [2.45, 2.75) is 38.8 Å². The number of aromatic nitrogens is 4. The van der Waals surface area contributed by atoms with Gasteiger partial charge in [0.2, 0.25) is 5.91 Å². The monoisotopic (exact) mass is 361 g/mol. The van der Waals surface area contributed by atoms with Crippen LogP contribution < -0.4 is 5.69 Å². The molecule has 1 atom stereocenters. The van der Waals surface area contributed by atoms with Gasteiger partial charge in [-0.1, -0.05) is 24.6 Å². The molecule has 2 aliphatic rings. The maximum absolute atomic E-state index is 12.8. The third-order valence-electron chi connectivity index (χ3n) is 4.88. The Kier molecular flexibility index (Phi) is 4.11. The zero-order chi connectivity index (χ0) is 17.6. The van der Waals surface area contributed by atoms with Gasteiger partial charge in [-0.2, -0.15) is 5.10 Å². The summed E-state index contributed by atoms with van der Waals surface area (Å²) in [7, 11) is 0. The van der Waals surface area contributed by atoms with Crippen molar-refractivity contribution < 1.29 is 4.79 Å². The predicted octanol–water partition coefficient (Wildman–Crippen LogP) is 1.50. The highest BCUT2D eigenvalue weighted by Gasteiger charge is 2.37. The lowest BCUT2D eigenvalue weighted by atomic mass is 9.98. The van der Waals surface area contributed by atoms with Crippen LogP contribution in [0.15, 0.2) is 23.0 Å². The zero-order valence-corrected chi connectivity index (χ0v) is 14.8. The molecule has 4 heterocycles. The molecule has 8 heteroatoms. The van der Waals surface area contributed by atoms with Crippen molar-refractivity contribution in [2.75, 3.05) is 13.1 Å². The first-order chi connectivity index (χ1) is 12.0. The minimum absolute atomic E-state index is 0.0431. The summed E-state index contributed by atoms with van der Waals surface area (Å²) in [5.41, 5.74) is 0.424. The van der Waals surface area contributed by atoms with Crippen LogP contribution in [0.25, 0.3) is 0 Å². The Balaban J connectivity index is 1.63. The summed E-state index contributed by atoms with van der Waals surface area (Å²) < 4.78 is 2.97. The minimum Gasteiger partial charge on any atom is -0.340 e. The van der Waals surface area contributed by atoms with Crippen molar-refractivity contribution in [3.63, 3.8) is 0 Å². The number of carbonyl (C=O) groups is 1. The summed E-state index contributed by atoms with van der Waals surface area (Å²) in [5, 5.41) is 4.82. The number of likely N-dealkylation sites (tertiary alicyclic amines) is 1. The Labute approximate surface area is 150 Å². The van der Waals surface area contributed by atoms with Crippen LogP contribution >= 0.6 is 11.6 Å². The van der Waals surface area contributed by atoms with E-state index in [2.05, 4.69) is 17.0 Å². The lowest BCUT2D eigenvalue weighted by Crippen LogP contribution is -2.52. The van der Waals surface area contributed by atoms with Gasteiger partial charge in [0, 0.05) is 19.5 Å². The van der Waals surface area contributed by atoms with Crippen LogP contribution in [0, 0.1) is 5.92 Å². The smallest absolute Gasteiger partial charge is 0.340 e. The molecule has 0 aliphatic carbocycles. The molecule has 132 valence electrons. The molecule has 25 heavy (non-hydrogen) atoms. The van der Waals surface area contributed by atoms with E-state index in [9.17, 15) is 9.59 Å². The van der Waals surface area contributed by atoms with Crippen LogP contribution in [0.5, 0.6) is 0 Å². The van der Waals surface area contributed by atoms with Crippen LogP contribution in [0.1, 0.15) is 37.3 Å². The number of amides is 1. The minimum atomic E-state index is -0.426. The third kappa shape index (κ3) is 2.97. The lowest BCUT2D eigenvalue weighted by molar-refractivity contribution is -0.141. The maximum atomic E-state index is 12.8. The molecular weight excluding hydrogens is 342 g/mol. The van der Waals surface area contributed by atoms with Crippen molar-refractivity contribution in [3.05, 3.63) is 45.4 Å². The second kappa shape index (κ2) is 6.29. The highest BCUT2D eigenvalue weighted by atomic mass is 35.5. The first-order valence-corrected chi connectivity index (χ1v) is 8.99. The first kappa shape index (κ1) is 16.3. The zero-order valence-electron chi connectivity index (χ0n) is 14.1. The van der Waals surface area contributed by atoms with Gasteiger partial charge in [0.25, 0.3) is 0 Å². The first-order valence-electron chi connectivity index (χ1n) is 8.61. The van der Waals surface area contributed by atoms with Crippen LogP contribution in [-0.2, 0) is 17.8 Å². The van der Waals surface area contributed by atoms with Crippen molar-refractivity contribution in [1.29, 1.82) is 0 Å². The van der Waals surface area contributed by atoms with Crippen molar-refractivity contribution in [1.82, 2.24) is 24.2 Å². The summed E-state index contributed by atoms with van der Waals surface area (Å²) in [5.74, 6) is 1.27. The second-order valence-electron chi connectivity index (χ2n) is 6.93. The van der Waals surface area contributed by atoms with Crippen molar-refractivity contribution in [2.24, 2.45) is 5.92 Å². The van der Waals surface area contributed by atoms with Gasteiger partial charge in [0.05, 0.1) is 12.2 Å². The van der Waals surface area contributed by atoms with Gasteiger partial charge in [-0.15, -0.1) is 0 Å². The van der Waals surface area contributed by atoms with E-state index < -0.39 is 6.04 Å². The fraction of sp³-hybridized carbons (Fsp3) is 0.529.